The van der Waals surface area contributed by atoms with Gasteiger partial charge in [-0.05, 0) is 31.0 Å². The summed E-state index contributed by atoms with van der Waals surface area (Å²) in [7, 11) is 1.64. The molecular formula is C11H17NO2. The molecule has 0 saturated carbocycles. The van der Waals surface area contributed by atoms with Crippen molar-refractivity contribution in [1.29, 1.82) is 0 Å². The van der Waals surface area contributed by atoms with Crippen molar-refractivity contribution in [2.75, 3.05) is 7.11 Å². The van der Waals surface area contributed by atoms with E-state index in [1.165, 1.54) is 0 Å². The number of hydrogen-bond donors (Lipinski definition) is 2. The number of ether oxygens (including phenoxy) is 1. The van der Waals surface area contributed by atoms with Gasteiger partial charge in [-0.1, -0.05) is 12.1 Å². The topological polar surface area (TPSA) is 55.5 Å². The van der Waals surface area contributed by atoms with Crippen LogP contribution in [0.15, 0.2) is 18.2 Å². The third kappa shape index (κ3) is 2.25. The van der Waals surface area contributed by atoms with Crippen LogP contribution in [0.2, 0.25) is 0 Å². The Kier molecular flexibility index (Phi) is 3.49. The van der Waals surface area contributed by atoms with Crippen LogP contribution >= 0.6 is 0 Å². The molecule has 0 aliphatic heterocycles. The van der Waals surface area contributed by atoms with E-state index < -0.39 is 6.10 Å². The number of aliphatic hydroxyl groups excluding tert-OH is 1. The molecule has 1 rings (SSSR count). The minimum atomic E-state index is -0.539. The lowest BCUT2D eigenvalue weighted by atomic mass is 10.0. The molecule has 0 radical (unpaired) electrons. The Morgan fingerprint density at radius 3 is 2.50 bits per heavy atom. The highest BCUT2D eigenvalue weighted by Crippen LogP contribution is 2.22. The Morgan fingerprint density at radius 2 is 2.07 bits per heavy atom. The lowest BCUT2D eigenvalue weighted by Gasteiger charge is -2.16. The minimum absolute atomic E-state index is 0.334. The average molecular weight is 195 g/mol. The smallest absolute Gasteiger partial charge is 0.121 e. The lowest BCUT2D eigenvalue weighted by Crippen LogP contribution is -2.23. The first-order valence-corrected chi connectivity index (χ1v) is 4.64. The van der Waals surface area contributed by atoms with Crippen LogP contribution in [0.1, 0.15) is 24.1 Å². The van der Waals surface area contributed by atoms with E-state index in [-0.39, 0.29) is 6.04 Å². The second kappa shape index (κ2) is 4.44. The summed E-state index contributed by atoms with van der Waals surface area (Å²) in [5, 5.41) is 9.34. The van der Waals surface area contributed by atoms with Gasteiger partial charge in [-0.15, -0.1) is 0 Å². The molecule has 0 aromatic heterocycles. The molecule has 3 heteroatoms. The van der Waals surface area contributed by atoms with Gasteiger partial charge in [0.05, 0.1) is 19.3 Å². The molecule has 0 bridgehead atoms. The van der Waals surface area contributed by atoms with Crippen LogP contribution in [-0.4, -0.2) is 18.3 Å². The maximum Gasteiger partial charge on any atom is 0.121 e. The maximum absolute atomic E-state index is 9.34. The van der Waals surface area contributed by atoms with Gasteiger partial charge in [0.1, 0.15) is 5.75 Å². The highest BCUT2D eigenvalue weighted by atomic mass is 16.5. The number of methoxy groups -OCH3 is 1. The summed E-state index contributed by atoms with van der Waals surface area (Å²) >= 11 is 0. The molecule has 0 heterocycles. The average Bonchev–Trinajstić information content (AvgIpc) is 2.16. The van der Waals surface area contributed by atoms with Crippen LogP contribution in [-0.2, 0) is 0 Å². The third-order valence-electron chi connectivity index (χ3n) is 2.32. The predicted octanol–water partition coefficient (Wildman–Crippen LogP) is 1.38. The van der Waals surface area contributed by atoms with Crippen LogP contribution in [0.5, 0.6) is 5.75 Å². The summed E-state index contributed by atoms with van der Waals surface area (Å²) in [4.78, 5) is 0. The van der Waals surface area contributed by atoms with Crippen molar-refractivity contribution in [1.82, 2.24) is 0 Å². The number of hydrogen-bond acceptors (Lipinski definition) is 3. The molecule has 0 amide bonds. The normalized spacial score (nSPS) is 14.9. The quantitative estimate of drug-likeness (QED) is 0.766. The molecule has 0 aliphatic carbocycles. The fourth-order valence-electron chi connectivity index (χ4n) is 1.39. The summed E-state index contributed by atoms with van der Waals surface area (Å²) in [6, 6.07) is 5.35. The van der Waals surface area contributed by atoms with Crippen molar-refractivity contribution >= 4 is 0 Å². The zero-order valence-electron chi connectivity index (χ0n) is 8.82. The Hall–Kier alpha value is -1.06. The fraction of sp³-hybridized carbons (Fsp3) is 0.455. The molecule has 1 aromatic carbocycles. The van der Waals surface area contributed by atoms with Gasteiger partial charge in [-0.3, -0.25) is 0 Å². The SMILES string of the molecule is COc1ccc([C@H](N)[C@@H](C)O)cc1C. The molecule has 3 nitrogen and oxygen atoms in total. The van der Waals surface area contributed by atoms with Gasteiger partial charge in [0.25, 0.3) is 0 Å². The molecule has 1 aromatic rings. The van der Waals surface area contributed by atoms with Gasteiger partial charge in [0.2, 0.25) is 0 Å². The molecule has 0 saturated heterocycles. The molecule has 0 unspecified atom stereocenters. The van der Waals surface area contributed by atoms with E-state index >= 15 is 0 Å². The van der Waals surface area contributed by atoms with Gasteiger partial charge >= 0.3 is 0 Å². The van der Waals surface area contributed by atoms with Crippen LogP contribution in [0, 0.1) is 6.92 Å². The molecule has 14 heavy (non-hydrogen) atoms. The number of aryl methyl sites for hydroxylation is 1. The lowest BCUT2D eigenvalue weighted by molar-refractivity contribution is 0.164. The fourth-order valence-corrected chi connectivity index (χ4v) is 1.39. The molecule has 3 N–H and O–H groups in total. The Balaban J connectivity index is 2.96. The van der Waals surface area contributed by atoms with Gasteiger partial charge < -0.3 is 15.6 Å². The first kappa shape index (κ1) is 11.0. The summed E-state index contributed by atoms with van der Waals surface area (Å²) in [6.07, 6.45) is -0.539. The monoisotopic (exact) mass is 195 g/mol. The van der Waals surface area contributed by atoms with E-state index in [1.54, 1.807) is 14.0 Å². The summed E-state index contributed by atoms with van der Waals surface area (Å²) in [5.41, 5.74) is 7.77. The molecule has 2 atom stereocenters. The van der Waals surface area contributed by atoms with Crippen molar-refractivity contribution in [2.24, 2.45) is 5.73 Å². The standard InChI is InChI=1S/C11H17NO2/c1-7-6-9(11(12)8(2)13)4-5-10(7)14-3/h4-6,8,11,13H,12H2,1-3H3/t8-,11-/m1/s1. The molecule has 0 fully saturated rings. The van der Waals surface area contributed by atoms with Crippen LogP contribution in [0.3, 0.4) is 0 Å². The highest BCUT2D eigenvalue weighted by molar-refractivity contribution is 5.37. The minimum Gasteiger partial charge on any atom is -0.496 e. The van der Waals surface area contributed by atoms with Crippen molar-refractivity contribution in [2.45, 2.75) is 26.0 Å². The number of benzene rings is 1. The van der Waals surface area contributed by atoms with Gasteiger partial charge in [-0.2, -0.15) is 0 Å². The Bertz CT molecular complexity index is 310. The van der Waals surface area contributed by atoms with Crippen LogP contribution in [0.25, 0.3) is 0 Å². The second-order valence-electron chi connectivity index (χ2n) is 3.50. The van der Waals surface area contributed by atoms with Gasteiger partial charge in [0.15, 0.2) is 0 Å². The Labute approximate surface area is 84.5 Å². The zero-order valence-corrected chi connectivity index (χ0v) is 8.82. The van der Waals surface area contributed by atoms with Gasteiger partial charge in [0, 0.05) is 0 Å². The maximum atomic E-state index is 9.34. The van der Waals surface area contributed by atoms with Gasteiger partial charge in [-0.25, -0.2) is 0 Å². The van der Waals surface area contributed by atoms with E-state index in [0.29, 0.717) is 0 Å². The van der Waals surface area contributed by atoms with E-state index in [4.69, 9.17) is 10.5 Å². The van der Waals surface area contributed by atoms with Crippen LogP contribution < -0.4 is 10.5 Å². The van der Waals surface area contributed by atoms with E-state index in [0.717, 1.165) is 16.9 Å². The molecule has 0 aliphatic rings. The first-order chi connectivity index (χ1) is 6.56. The first-order valence-electron chi connectivity index (χ1n) is 4.64. The summed E-state index contributed by atoms with van der Waals surface area (Å²) in [6.45, 7) is 3.64. The molecule has 78 valence electrons. The van der Waals surface area contributed by atoms with E-state index in [2.05, 4.69) is 0 Å². The van der Waals surface area contributed by atoms with Crippen molar-refractivity contribution in [3.05, 3.63) is 29.3 Å². The molecular weight excluding hydrogens is 178 g/mol. The van der Waals surface area contributed by atoms with Crippen molar-refractivity contribution in [3.8, 4) is 5.75 Å². The molecule has 0 spiro atoms. The van der Waals surface area contributed by atoms with Crippen molar-refractivity contribution < 1.29 is 9.84 Å². The second-order valence-corrected chi connectivity index (χ2v) is 3.50. The predicted molar refractivity (Wildman–Crippen MR) is 56.3 cm³/mol. The number of nitrogens with two attached hydrogens (primary N) is 1. The zero-order chi connectivity index (χ0) is 10.7. The van der Waals surface area contributed by atoms with E-state index in [9.17, 15) is 5.11 Å². The third-order valence-corrected chi connectivity index (χ3v) is 2.32. The van der Waals surface area contributed by atoms with Crippen molar-refractivity contribution in [3.63, 3.8) is 0 Å². The van der Waals surface area contributed by atoms with Crippen LogP contribution in [0.4, 0.5) is 0 Å². The number of aliphatic hydroxyl groups is 1. The largest absolute Gasteiger partial charge is 0.496 e. The number of rotatable bonds is 3. The Morgan fingerprint density at radius 1 is 1.43 bits per heavy atom. The highest BCUT2D eigenvalue weighted by Gasteiger charge is 2.12. The summed E-state index contributed by atoms with van der Waals surface area (Å²) in [5.74, 6) is 0.839. The van der Waals surface area contributed by atoms with E-state index in [1.807, 2.05) is 25.1 Å². The summed E-state index contributed by atoms with van der Waals surface area (Å²) < 4.78 is 5.14.